The van der Waals surface area contributed by atoms with Crippen molar-refractivity contribution in [2.45, 2.75) is 64.8 Å². The Balaban J connectivity index is 0.000000356. The fraction of sp³-hybridized carbons (Fsp3) is 0.407. The van der Waals surface area contributed by atoms with E-state index in [2.05, 4.69) is 62.4 Å². The number of nitrogens with zero attached hydrogens (tertiary/aromatic N) is 2. The molecule has 0 saturated carbocycles. The number of hydrogen-bond acceptors (Lipinski definition) is 6. The van der Waals surface area contributed by atoms with E-state index in [1.165, 1.54) is 22.3 Å². The van der Waals surface area contributed by atoms with Gasteiger partial charge < -0.3 is 19.7 Å². The molecule has 0 unspecified atom stereocenters. The zero-order valence-corrected chi connectivity index (χ0v) is 21.5. The van der Waals surface area contributed by atoms with Crippen LogP contribution in [0.2, 0.25) is 0 Å². The Bertz CT molecular complexity index is 1110. The third-order valence-corrected chi connectivity index (χ3v) is 6.40. The minimum Gasteiger partial charge on any atom is -0.481 e. The Labute approximate surface area is 220 Å². The number of carbonyl (C=O) groups is 2. The van der Waals surface area contributed by atoms with Crippen molar-refractivity contribution in [2.24, 2.45) is 15.4 Å². The summed E-state index contributed by atoms with van der Waals surface area (Å²) in [5.74, 6) is -0.141. The maximum atomic E-state index is 9.00. The minimum absolute atomic E-state index is 0. The number of benzene rings is 2. The second kappa shape index (κ2) is 10.8. The number of rotatable bonds is 2. The number of carboxylic acids is 2. The molecule has 4 atom stereocenters. The number of hydrogen-bond donors (Lipinski definition) is 2. The molecule has 2 heterocycles. The summed E-state index contributed by atoms with van der Waals surface area (Å²) in [6.07, 6.45) is 2.07. The molecule has 2 aliphatic carbocycles. The predicted molar refractivity (Wildman–Crippen MR) is 131 cm³/mol. The summed E-state index contributed by atoms with van der Waals surface area (Å²) in [5.41, 5.74) is 4.86. The zero-order valence-electron chi connectivity index (χ0n) is 20.6. The summed E-state index contributed by atoms with van der Waals surface area (Å²) in [6.45, 7) is 6.40. The van der Waals surface area contributed by atoms with Crippen molar-refractivity contribution < 1.29 is 46.3 Å². The molecule has 0 fully saturated rings. The van der Waals surface area contributed by atoms with Gasteiger partial charge in [0.2, 0.25) is 0 Å². The third-order valence-electron chi connectivity index (χ3n) is 6.40. The molecule has 8 nitrogen and oxygen atoms in total. The molecule has 9 heteroatoms. The molecule has 2 aromatic rings. The summed E-state index contributed by atoms with van der Waals surface area (Å²) in [5, 5.41) is 14.8. The van der Waals surface area contributed by atoms with E-state index in [-0.39, 0.29) is 41.4 Å². The fourth-order valence-electron chi connectivity index (χ4n) is 4.90. The van der Waals surface area contributed by atoms with Gasteiger partial charge in [-0.15, -0.1) is 0 Å². The molecular weight excluding hydrogens is 512 g/mol. The van der Waals surface area contributed by atoms with Crippen molar-refractivity contribution in [3.63, 3.8) is 0 Å². The van der Waals surface area contributed by atoms with Gasteiger partial charge in [-0.05, 0) is 36.1 Å². The predicted octanol–water partition coefficient (Wildman–Crippen LogP) is 4.38. The first-order valence-corrected chi connectivity index (χ1v) is 11.6. The average molecular weight is 542 g/mol. The van der Waals surface area contributed by atoms with Crippen LogP contribution in [0.5, 0.6) is 0 Å². The number of aliphatic carboxylic acids is 2. The van der Waals surface area contributed by atoms with Gasteiger partial charge in [-0.3, -0.25) is 9.59 Å². The van der Waals surface area contributed by atoms with E-state index in [4.69, 9.17) is 39.3 Å². The molecule has 1 radical (unpaired) electrons. The van der Waals surface area contributed by atoms with Gasteiger partial charge in [0.15, 0.2) is 11.8 Å². The van der Waals surface area contributed by atoms with Gasteiger partial charge >= 0.3 is 0 Å². The van der Waals surface area contributed by atoms with Crippen molar-refractivity contribution in [2.75, 3.05) is 0 Å². The first-order valence-electron chi connectivity index (χ1n) is 11.6. The van der Waals surface area contributed by atoms with Gasteiger partial charge in [0.05, 0.1) is 0 Å². The molecule has 2 N–H and O–H groups in total. The second-order valence-corrected chi connectivity index (χ2v) is 9.54. The van der Waals surface area contributed by atoms with Crippen LogP contribution in [0.15, 0.2) is 58.5 Å². The van der Waals surface area contributed by atoms with Crippen LogP contribution in [-0.4, -0.2) is 46.2 Å². The van der Waals surface area contributed by atoms with Gasteiger partial charge in [0, 0.05) is 43.8 Å². The summed E-state index contributed by atoms with van der Waals surface area (Å²) in [4.78, 5) is 28.0. The van der Waals surface area contributed by atoms with Gasteiger partial charge in [-0.25, -0.2) is 9.98 Å². The molecule has 0 aromatic heterocycles. The van der Waals surface area contributed by atoms with Gasteiger partial charge in [-0.1, -0.05) is 48.5 Å². The normalized spacial score (nSPS) is 23.8. The molecule has 195 valence electrons. The summed E-state index contributed by atoms with van der Waals surface area (Å²) in [6, 6.07) is 17.3. The minimum atomic E-state index is -0.833. The van der Waals surface area contributed by atoms with Crippen LogP contribution >= 0.6 is 0 Å². The van der Waals surface area contributed by atoms with Gasteiger partial charge in [-0.2, -0.15) is 0 Å². The number of fused-ring (bicyclic) bond motifs is 6. The first-order chi connectivity index (χ1) is 16.6. The molecular formula is C27H30CuN2O6. The smallest absolute Gasteiger partial charge is 0.300 e. The molecule has 6 rings (SSSR count). The molecule has 0 bridgehead atoms. The molecule has 0 saturated heterocycles. The van der Waals surface area contributed by atoms with Crippen molar-refractivity contribution >= 4 is 23.7 Å². The Kier molecular flexibility index (Phi) is 8.26. The Morgan fingerprint density at radius 1 is 0.778 bits per heavy atom. The maximum absolute atomic E-state index is 9.00. The second-order valence-electron chi connectivity index (χ2n) is 9.54. The monoisotopic (exact) mass is 541 g/mol. The molecule has 0 spiro atoms. The molecule has 2 aliphatic heterocycles. The van der Waals surface area contributed by atoms with Crippen LogP contribution in [0.3, 0.4) is 0 Å². The quantitative estimate of drug-likeness (QED) is 0.545. The van der Waals surface area contributed by atoms with Crippen molar-refractivity contribution in [3.8, 4) is 0 Å². The van der Waals surface area contributed by atoms with Crippen LogP contribution in [0.1, 0.15) is 62.0 Å². The van der Waals surface area contributed by atoms with Crippen molar-refractivity contribution in [1.29, 1.82) is 0 Å². The summed E-state index contributed by atoms with van der Waals surface area (Å²) < 4.78 is 12.7. The standard InChI is InChI=1S/C23H22N2O2.2C2H4O2.Cu/c1-23(2,21-24-19-15-9-5-3-7-13(15)11-17(19)26-21)22-25-20-16-10-6-4-8-14(16)12-18(20)27-22;2*1-2(3)4;/h3-10,17-20H,11-12H2,1-2H3;2*1H3,(H,3,4);/t17-,18-,19+,20+;;;/m0.../s1. The number of ether oxygens (including phenoxy) is 2. The fourth-order valence-corrected chi connectivity index (χ4v) is 4.90. The van der Waals surface area contributed by atoms with E-state index in [1.54, 1.807) is 0 Å². The van der Waals surface area contributed by atoms with Crippen molar-refractivity contribution in [1.82, 2.24) is 0 Å². The van der Waals surface area contributed by atoms with E-state index < -0.39 is 17.4 Å². The van der Waals surface area contributed by atoms with Crippen LogP contribution in [0, 0.1) is 5.41 Å². The van der Waals surface area contributed by atoms with Gasteiger partial charge in [0.25, 0.3) is 11.9 Å². The first kappa shape index (κ1) is 27.4. The van der Waals surface area contributed by atoms with E-state index in [1.807, 2.05) is 0 Å². The Morgan fingerprint density at radius 3 is 1.47 bits per heavy atom. The molecule has 36 heavy (non-hydrogen) atoms. The van der Waals surface area contributed by atoms with Crippen LogP contribution in [0.25, 0.3) is 0 Å². The maximum Gasteiger partial charge on any atom is 0.300 e. The Hall–Kier alpha value is -3.16. The van der Waals surface area contributed by atoms with E-state index in [0.717, 1.165) is 38.5 Å². The Morgan fingerprint density at radius 2 is 1.11 bits per heavy atom. The summed E-state index contributed by atoms with van der Waals surface area (Å²) >= 11 is 0. The largest absolute Gasteiger partial charge is 0.481 e. The van der Waals surface area contributed by atoms with E-state index in [9.17, 15) is 0 Å². The topological polar surface area (TPSA) is 118 Å². The molecule has 4 aliphatic rings. The summed E-state index contributed by atoms with van der Waals surface area (Å²) in [7, 11) is 0. The van der Waals surface area contributed by atoms with E-state index in [0.29, 0.717) is 0 Å². The van der Waals surface area contributed by atoms with Crippen LogP contribution in [-0.2, 0) is 49.0 Å². The average Bonchev–Trinajstić information content (AvgIpc) is 3.51. The van der Waals surface area contributed by atoms with Crippen LogP contribution in [0.4, 0.5) is 0 Å². The van der Waals surface area contributed by atoms with Gasteiger partial charge in [0.1, 0.15) is 29.7 Å². The zero-order chi connectivity index (χ0) is 25.3. The molecule has 2 aromatic carbocycles. The molecule has 0 amide bonds. The number of aliphatic imine (C=N–C) groups is 2. The van der Waals surface area contributed by atoms with Crippen LogP contribution < -0.4 is 0 Å². The SMILES string of the molecule is CC(=O)O.CC(=O)O.CC(C)(C1=N[C@@H]2c3ccccc3C[C@@H]2O1)C1=N[C@@H]2c3ccccc3C[C@@H]2O1.[Cu]. The van der Waals surface area contributed by atoms with E-state index >= 15 is 0 Å². The number of carboxylic acid groups (broad SMARTS) is 2. The van der Waals surface area contributed by atoms with Crippen molar-refractivity contribution in [3.05, 3.63) is 70.8 Å². The third kappa shape index (κ3) is 5.47.